The number of anilines is 1. The molecule has 1 aromatic rings. The van der Waals surface area contributed by atoms with Crippen molar-refractivity contribution in [3.63, 3.8) is 0 Å². The third-order valence-electron chi connectivity index (χ3n) is 2.65. The highest BCUT2D eigenvalue weighted by Crippen LogP contribution is 2.38. The topological polar surface area (TPSA) is 33.2 Å². The molecular formula is C11H14N2O. The van der Waals surface area contributed by atoms with Crippen LogP contribution in [0.3, 0.4) is 0 Å². The second kappa shape index (κ2) is 2.80. The molecule has 2 heterocycles. The standard InChI is InChI=1S/C11H14N2O/c1-8(14)13-7-11(2,3)10-9(13)5-4-6-12-10/h4-6H,7H2,1-3H3. The lowest BCUT2D eigenvalue weighted by atomic mass is 9.91. The highest BCUT2D eigenvalue weighted by Gasteiger charge is 2.37. The Balaban J connectivity index is 2.55. The van der Waals surface area contributed by atoms with E-state index in [0.29, 0.717) is 0 Å². The maximum Gasteiger partial charge on any atom is 0.223 e. The Hall–Kier alpha value is -1.38. The van der Waals surface area contributed by atoms with Crippen LogP contribution in [0.2, 0.25) is 0 Å². The number of fused-ring (bicyclic) bond motifs is 1. The van der Waals surface area contributed by atoms with Crippen LogP contribution in [-0.4, -0.2) is 17.4 Å². The predicted octanol–water partition coefficient (Wildman–Crippen LogP) is 1.73. The van der Waals surface area contributed by atoms with Crippen LogP contribution in [0.25, 0.3) is 0 Å². The quantitative estimate of drug-likeness (QED) is 0.624. The minimum absolute atomic E-state index is 0.0255. The Bertz CT molecular complexity index is 385. The normalized spacial score (nSPS) is 18.1. The van der Waals surface area contributed by atoms with Crippen LogP contribution in [-0.2, 0) is 10.2 Å². The molecule has 1 aromatic heterocycles. The van der Waals surface area contributed by atoms with Gasteiger partial charge in [-0.25, -0.2) is 0 Å². The first-order valence-electron chi connectivity index (χ1n) is 4.76. The van der Waals surface area contributed by atoms with Gasteiger partial charge in [0.25, 0.3) is 0 Å². The van der Waals surface area contributed by atoms with Gasteiger partial charge in [-0.3, -0.25) is 9.78 Å². The summed E-state index contributed by atoms with van der Waals surface area (Å²) in [5.74, 6) is 0.0878. The monoisotopic (exact) mass is 190 g/mol. The summed E-state index contributed by atoms with van der Waals surface area (Å²) in [6.45, 7) is 6.55. The summed E-state index contributed by atoms with van der Waals surface area (Å²) in [6, 6.07) is 3.83. The van der Waals surface area contributed by atoms with Crippen molar-refractivity contribution in [1.29, 1.82) is 0 Å². The van der Waals surface area contributed by atoms with Crippen molar-refractivity contribution in [3.05, 3.63) is 24.0 Å². The lowest BCUT2D eigenvalue weighted by Crippen LogP contribution is -2.32. The number of nitrogens with zero attached hydrogens (tertiary/aromatic N) is 2. The van der Waals surface area contributed by atoms with E-state index in [2.05, 4.69) is 18.8 Å². The first-order valence-corrected chi connectivity index (χ1v) is 4.76. The number of carbonyl (C=O) groups is 1. The molecule has 2 rings (SSSR count). The SMILES string of the molecule is CC(=O)N1CC(C)(C)c2ncccc21. The van der Waals surface area contributed by atoms with E-state index in [0.717, 1.165) is 17.9 Å². The van der Waals surface area contributed by atoms with E-state index in [1.54, 1.807) is 18.0 Å². The van der Waals surface area contributed by atoms with Crippen molar-refractivity contribution in [3.8, 4) is 0 Å². The van der Waals surface area contributed by atoms with Gasteiger partial charge >= 0.3 is 0 Å². The second-order valence-electron chi connectivity index (χ2n) is 4.36. The molecule has 0 saturated carbocycles. The summed E-state index contributed by atoms with van der Waals surface area (Å²) in [6.07, 6.45) is 1.78. The van der Waals surface area contributed by atoms with E-state index in [-0.39, 0.29) is 11.3 Å². The fourth-order valence-electron chi connectivity index (χ4n) is 1.97. The molecule has 1 aliphatic rings. The number of pyridine rings is 1. The van der Waals surface area contributed by atoms with Crippen LogP contribution in [0, 0.1) is 0 Å². The van der Waals surface area contributed by atoms with Gasteiger partial charge in [-0.15, -0.1) is 0 Å². The second-order valence-corrected chi connectivity index (χ2v) is 4.36. The molecule has 74 valence electrons. The summed E-state index contributed by atoms with van der Waals surface area (Å²) in [4.78, 5) is 17.5. The van der Waals surface area contributed by atoms with Gasteiger partial charge in [0.2, 0.25) is 5.91 Å². The van der Waals surface area contributed by atoms with Crippen molar-refractivity contribution >= 4 is 11.6 Å². The van der Waals surface area contributed by atoms with Crippen molar-refractivity contribution in [2.24, 2.45) is 0 Å². The van der Waals surface area contributed by atoms with Crippen molar-refractivity contribution in [1.82, 2.24) is 4.98 Å². The van der Waals surface area contributed by atoms with E-state index >= 15 is 0 Å². The van der Waals surface area contributed by atoms with Crippen LogP contribution in [0.15, 0.2) is 18.3 Å². The van der Waals surface area contributed by atoms with Gasteiger partial charge in [0, 0.05) is 25.1 Å². The molecule has 0 aliphatic carbocycles. The third kappa shape index (κ3) is 1.20. The number of hydrogen-bond acceptors (Lipinski definition) is 2. The lowest BCUT2D eigenvalue weighted by molar-refractivity contribution is -0.116. The Morgan fingerprint density at radius 2 is 2.29 bits per heavy atom. The number of carbonyl (C=O) groups excluding carboxylic acids is 1. The first kappa shape index (κ1) is 9.19. The highest BCUT2D eigenvalue weighted by atomic mass is 16.2. The summed E-state index contributed by atoms with van der Waals surface area (Å²) in [7, 11) is 0. The van der Waals surface area contributed by atoms with Crippen molar-refractivity contribution in [2.75, 3.05) is 11.4 Å². The summed E-state index contributed by atoms with van der Waals surface area (Å²) >= 11 is 0. The van der Waals surface area contributed by atoms with Crippen molar-refractivity contribution in [2.45, 2.75) is 26.2 Å². The molecule has 0 saturated heterocycles. The van der Waals surface area contributed by atoms with E-state index in [1.807, 2.05) is 12.1 Å². The maximum atomic E-state index is 11.4. The van der Waals surface area contributed by atoms with Crippen LogP contribution in [0.4, 0.5) is 5.69 Å². The smallest absolute Gasteiger partial charge is 0.223 e. The van der Waals surface area contributed by atoms with E-state index in [4.69, 9.17) is 0 Å². The molecule has 1 amide bonds. The van der Waals surface area contributed by atoms with Gasteiger partial charge in [0.15, 0.2) is 0 Å². The minimum atomic E-state index is -0.0255. The fraction of sp³-hybridized carbons (Fsp3) is 0.455. The molecule has 14 heavy (non-hydrogen) atoms. The number of aromatic nitrogens is 1. The van der Waals surface area contributed by atoms with Gasteiger partial charge in [-0.2, -0.15) is 0 Å². The van der Waals surface area contributed by atoms with E-state index < -0.39 is 0 Å². The zero-order valence-corrected chi connectivity index (χ0v) is 8.74. The summed E-state index contributed by atoms with van der Waals surface area (Å²) in [5.41, 5.74) is 1.96. The van der Waals surface area contributed by atoms with Gasteiger partial charge < -0.3 is 4.90 Å². The molecule has 0 N–H and O–H groups in total. The third-order valence-corrected chi connectivity index (χ3v) is 2.65. The molecule has 0 bridgehead atoms. The molecule has 0 radical (unpaired) electrons. The van der Waals surface area contributed by atoms with Crippen molar-refractivity contribution < 1.29 is 4.79 Å². The first-order chi connectivity index (χ1) is 6.52. The van der Waals surface area contributed by atoms with Crippen LogP contribution >= 0.6 is 0 Å². The number of hydrogen-bond donors (Lipinski definition) is 0. The van der Waals surface area contributed by atoms with Crippen LogP contribution in [0.5, 0.6) is 0 Å². The molecule has 1 aliphatic heterocycles. The maximum absolute atomic E-state index is 11.4. The average Bonchev–Trinajstić information content (AvgIpc) is 2.40. The molecule has 0 unspecified atom stereocenters. The zero-order chi connectivity index (χ0) is 10.3. The highest BCUT2D eigenvalue weighted by molar-refractivity contribution is 5.94. The van der Waals surface area contributed by atoms with Crippen LogP contribution in [0.1, 0.15) is 26.5 Å². The largest absolute Gasteiger partial charge is 0.310 e. The van der Waals surface area contributed by atoms with E-state index in [1.165, 1.54) is 0 Å². The molecule has 3 nitrogen and oxygen atoms in total. The Labute approximate surface area is 83.8 Å². The zero-order valence-electron chi connectivity index (χ0n) is 8.74. The molecule has 3 heteroatoms. The lowest BCUT2D eigenvalue weighted by Gasteiger charge is -2.18. The Morgan fingerprint density at radius 3 is 2.93 bits per heavy atom. The van der Waals surface area contributed by atoms with Gasteiger partial charge in [-0.05, 0) is 12.1 Å². The van der Waals surface area contributed by atoms with Gasteiger partial charge in [0.05, 0.1) is 11.4 Å². The van der Waals surface area contributed by atoms with Gasteiger partial charge in [0.1, 0.15) is 0 Å². The number of rotatable bonds is 0. The minimum Gasteiger partial charge on any atom is -0.310 e. The molecule has 0 aromatic carbocycles. The van der Waals surface area contributed by atoms with E-state index in [9.17, 15) is 4.79 Å². The summed E-state index contributed by atoms with van der Waals surface area (Å²) < 4.78 is 0. The Kier molecular flexibility index (Phi) is 1.84. The molecule has 0 fully saturated rings. The van der Waals surface area contributed by atoms with Gasteiger partial charge in [-0.1, -0.05) is 13.8 Å². The molecule has 0 spiro atoms. The Morgan fingerprint density at radius 1 is 1.57 bits per heavy atom. The molecular weight excluding hydrogens is 176 g/mol. The van der Waals surface area contributed by atoms with Crippen LogP contribution < -0.4 is 4.90 Å². The fourth-order valence-corrected chi connectivity index (χ4v) is 1.97. The average molecular weight is 190 g/mol. The number of amides is 1. The predicted molar refractivity (Wildman–Crippen MR) is 55.3 cm³/mol. The molecule has 0 atom stereocenters. The summed E-state index contributed by atoms with van der Waals surface area (Å²) in [5, 5.41) is 0.